The van der Waals surface area contributed by atoms with Crippen LogP contribution in [0.2, 0.25) is 0 Å². The molecule has 2 N–H and O–H groups in total. The van der Waals surface area contributed by atoms with Gasteiger partial charge in [-0.2, -0.15) is 0 Å². The average Bonchev–Trinajstić information content (AvgIpc) is 2.26. The van der Waals surface area contributed by atoms with Crippen LogP contribution >= 0.6 is 0 Å². The van der Waals surface area contributed by atoms with Gasteiger partial charge in [0.15, 0.2) is 0 Å². The van der Waals surface area contributed by atoms with E-state index in [4.69, 9.17) is 4.74 Å². The maximum absolute atomic E-state index is 12.5. The van der Waals surface area contributed by atoms with Gasteiger partial charge in [0, 0.05) is 18.4 Å². The standard InChI is InChI=1S/C14H24N2O3/c1-6-11-7-14(9-19-8-11,15-10(2)17)12(18)16-13(3,4)5/h6,11H,1,7-9H2,2-5H3,(H,15,17)(H,16,18)/t11-,14+/m0/s1. The van der Waals surface area contributed by atoms with Crippen molar-refractivity contribution in [3.8, 4) is 0 Å². The number of ether oxygens (including phenoxy) is 1. The second-order valence-electron chi connectivity index (χ2n) is 6.18. The Morgan fingerprint density at radius 1 is 1.42 bits per heavy atom. The largest absolute Gasteiger partial charge is 0.378 e. The van der Waals surface area contributed by atoms with Crippen LogP contribution in [-0.4, -0.2) is 36.1 Å². The van der Waals surface area contributed by atoms with E-state index in [9.17, 15) is 9.59 Å². The van der Waals surface area contributed by atoms with Crippen molar-refractivity contribution in [3.05, 3.63) is 12.7 Å². The van der Waals surface area contributed by atoms with Gasteiger partial charge in [0.25, 0.3) is 0 Å². The van der Waals surface area contributed by atoms with E-state index >= 15 is 0 Å². The van der Waals surface area contributed by atoms with E-state index < -0.39 is 5.54 Å². The number of carbonyl (C=O) groups excluding carboxylic acids is 2. The van der Waals surface area contributed by atoms with Crippen LogP contribution in [0, 0.1) is 5.92 Å². The minimum atomic E-state index is -1.00. The van der Waals surface area contributed by atoms with Crippen molar-refractivity contribution in [1.29, 1.82) is 0 Å². The summed E-state index contributed by atoms with van der Waals surface area (Å²) in [6.45, 7) is 11.6. The molecule has 0 aromatic rings. The molecule has 1 heterocycles. The summed E-state index contributed by atoms with van der Waals surface area (Å²) in [7, 11) is 0. The Morgan fingerprint density at radius 3 is 2.53 bits per heavy atom. The Bertz CT molecular complexity index is 373. The van der Waals surface area contributed by atoms with Gasteiger partial charge in [0.05, 0.1) is 13.2 Å². The van der Waals surface area contributed by atoms with Crippen LogP contribution in [0.3, 0.4) is 0 Å². The zero-order valence-corrected chi connectivity index (χ0v) is 12.2. The molecule has 0 radical (unpaired) electrons. The molecule has 0 unspecified atom stereocenters. The fourth-order valence-corrected chi connectivity index (χ4v) is 2.20. The summed E-state index contributed by atoms with van der Waals surface area (Å²) in [6, 6.07) is 0. The number of nitrogens with one attached hydrogen (secondary N) is 2. The van der Waals surface area contributed by atoms with Gasteiger partial charge in [-0.15, -0.1) is 6.58 Å². The van der Waals surface area contributed by atoms with E-state index in [-0.39, 0.29) is 29.9 Å². The maximum atomic E-state index is 12.5. The van der Waals surface area contributed by atoms with E-state index in [0.717, 1.165) is 0 Å². The van der Waals surface area contributed by atoms with Crippen LogP contribution in [0.25, 0.3) is 0 Å². The van der Waals surface area contributed by atoms with Crippen molar-refractivity contribution in [3.63, 3.8) is 0 Å². The molecular weight excluding hydrogens is 244 g/mol. The van der Waals surface area contributed by atoms with Gasteiger partial charge >= 0.3 is 0 Å². The van der Waals surface area contributed by atoms with E-state index in [0.29, 0.717) is 13.0 Å². The van der Waals surface area contributed by atoms with Gasteiger partial charge < -0.3 is 15.4 Å². The second-order valence-corrected chi connectivity index (χ2v) is 6.18. The second kappa shape index (κ2) is 5.74. The summed E-state index contributed by atoms with van der Waals surface area (Å²) >= 11 is 0. The van der Waals surface area contributed by atoms with Crippen molar-refractivity contribution < 1.29 is 14.3 Å². The highest BCUT2D eigenvalue weighted by Crippen LogP contribution is 2.25. The van der Waals surface area contributed by atoms with Crippen LogP contribution in [0.4, 0.5) is 0 Å². The first-order chi connectivity index (χ1) is 8.68. The van der Waals surface area contributed by atoms with E-state index in [1.54, 1.807) is 6.08 Å². The SMILES string of the molecule is C=C[C@@H]1COC[C@@](NC(C)=O)(C(=O)NC(C)(C)C)C1. The molecule has 1 aliphatic rings. The molecule has 1 aliphatic heterocycles. The first-order valence-electron chi connectivity index (χ1n) is 6.50. The fourth-order valence-electron chi connectivity index (χ4n) is 2.20. The van der Waals surface area contributed by atoms with Crippen molar-refractivity contribution in [2.75, 3.05) is 13.2 Å². The number of amides is 2. The summed E-state index contributed by atoms with van der Waals surface area (Å²) in [5.41, 5.74) is -1.36. The molecule has 1 fully saturated rings. The third-order valence-electron chi connectivity index (χ3n) is 2.96. The minimum absolute atomic E-state index is 0.0614. The number of rotatable bonds is 3. The highest BCUT2D eigenvalue weighted by molar-refractivity contribution is 5.91. The van der Waals surface area contributed by atoms with Crippen molar-refractivity contribution >= 4 is 11.8 Å². The van der Waals surface area contributed by atoms with Gasteiger partial charge in [-0.25, -0.2) is 0 Å². The van der Waals surface area contributed by atoms with Crippen LogP contribution in [0.15, 0.2) is 12.7 Å². The molecule has 1 rings (SSSR count). The first-order valence-corrected chi connectivity index (χ1v) is 6.50. The Morgan fingerprint density at radius 2 is 2.05 bits per heavy atom. The van der Waals surface area contributed by atoms with Crippen LogP contribution in [0.5, 0.6) is 0 Å². The van der Waals surface area contributed by atoms with Crippen molar-refractivity contribution in [1.82, 2.24) is 10.6 Å². The monoisotopic (exact) mass is 268 g/mol. The predicted molar refractivity (Wildman–Crippen MR) is 73.6 cm³/mol. The Labute approximate surface area is 114 Å². The topological polar surface area (TPSA) is 67.4 Å². The lowest BCUT2D eigenvalue weighted by Gasteiger charge is -2.40. The molecule has 1 saturated heterocycles. The number of carbonyl (C=O) groups is 2. The van der Waals surface area contributed by atoms with Gasteiger partial charge in [0.1, 0.15) is 5.54 Å². The van der Waals surface area contributed by atoms with Crippen molar-refractivity contribution in [2.45, 2.75) is 45.2 Å². The first kappa shape index (κ1) is 15.7. The third-order valence-corrected chi connectivity index (χ3v) is 2.96. The molecule has 0 aliphatic carbocycles. The molecule has 2 amide bonds. The minimum Gasteiger partial charge on any atom is -0.378 e. The molecule has 0 aromatic heterocycles. The number of hydrogen-bond donors (Lipinski definition) is 2. The van der Waals surface area contributed by atoms with Crippen LogP contribution in [0.1, 0.15) is 34.1 Å². The normalized spacial score (nSPS) is 27.5. The Kier molecular flexibility index (Phi) is 4.74. The lowest BCUT2D eigenvalue weighted by Crippen LogP contribution is -2.66. The molecule has 0 saturated carbocycles. The van der Waals surface area contributed by atoms with E-state index in [1.807, 2.05) is 20.8 Å². The Balaban J connectivity index is 2.95. The van der Waals surface area contributed by atoms with Crippen molar-refractivity contribution in [2.24, 2.45) is 5.92 Å². The quantitative estimate of drug-likeness (QED) is 0.750. The highest BCUT2D eigenvalue weighted by Gasteiger charge is 2.44. The molecule has 5 heteroatoms. The molecule has 0 bridgehead atoms. The maximum Gasteiger partial charge on any atom is 0.248 e. The fraction of sp³-hybridized carbons (Fsp3) is 0.714. The van der Waals surface area contributed by atoms with Gasteiger partial charge in [-0.1, -0.05) is 6.08 Å². The van der Waals surface area contributed by atoms with E-state index in [2.05, 4.69) is 17.2 Å². The summed E-state index contributed by atoms with van der Waals surface area (Å²) in [5, 5.41) is 5.67. The molecule has 19 heavy (non-hydrogen) atoms. The smallest absolute Gasteiger partial charge is 0.248 e. The third kappa shape index (κ3) is 4.35. The molecule has 0 aromatic carbocycles. The van der Waals surface area contributed by atoms with Crippen LogP contribution in [-0.2, 0) is 14.3 Å². The molecule has 0 spiro atoms. The zero-order valence-electron chi connectivity index (χ0n) is 12.2. The van der Waals surface area contributed by atoms with Gasteiger partial charge in [0.2, 0.25) is 11.8 Å². The molecule has 2 atom stereocenters. The highest BCUT2D eigenvalue weighted by atomic mass is 16.5. The Hall–Kier alpha value is -1.36. The van der Waals surface area contributed by atoms with E-state index in [1.165, 1.54) is 6.92 Å². The summed E-state index contributed by atoms with van der Waals surface area (Å²) < 4.78 is 5.48. The average molecular weight is 268 g/mol. The van der Waals surface area contributed by atoms with Gasteiger partial charge in [-0.3, -0.25) is 9.59 Å². The molecular formula is C14H24N2O3. The number of hydrogen-bond acceptors (Lipinski definition) is 3. The lowest BCUT2D eigenvalue weighted by atomic mass is 9.84. The van der Waals surface area contributed by atoms with Gasteiger partial charge in [-0.05, 0) is 27.2 Å². The zero-order chi connectivity index (χ0) is 14.7. The summed E-state index contributed by atoms with van der Waals surface area (Å²) in [6.07, 6.45) is 2.28. The summed E-state index contributed by atoms with van der Waals surface area (Å²) in [5.74, 6) is -0.384. The molecule has 108 valence electrons. The molecule has 5 nitrogen and oxygen atoms in total. The summed E-state index contributed by atoms with van der Waals surface area (Å²) in [4.78, 5) is 23.9. The predicted octanol–water partition coefficient (Wildman–Crippen LogP) is 0.998. The van der Waals surface area contributed by atoms with Crippen LogP contribution < -0.4 is 10.6 Å². The lowest BCUT2D eigenvalue weighted by molar-refractivity contribution is -0.141.